The Balaban J connectivity index is 2.10. The fourth-order valence-corrected chi connectivity index (χ4v) is 3.32. The van der Waals surface area contributed by atoms with Crippen LogP contribution in [0, 0.1) is 0 Å². The number of hydrazine groups is 1. The van der Waals surface area contributed by atoms with Crippen molar-refractivity contribution >= 4 is 44.8 Å². The van der Waals surface area contributed by atoms with Gasteiger partial charge in [0.2, 0.25) is 0 Å². The van der Waals surface area contributed by atoms with Crippen LogP contribution in [0.1, 0.15) is 17.2 Å². The number of benzene rings is 1. The fourth-order valence-electron chi connectivity index (χ4n) is 2.12. The van der Waals surface area contributed by atoms with Gasteiger partial charge in [-0.15, -0.1) is 11.3 Å². The molecule has 0 saturated carbocycles. The number of fused-ring (bicyclic) bond motifs is 1. The van der Waals surface area contributed by atoms with Gasteiger partial charge in [-0.1, -0.05) is 23.2 Å². The number of nitrogens with two attached hydrogens (primary N) is 1. The van der Waals surface area contributed by atoms with Crippen molar-refractivity contribution in [3.63, 3.8) is 0 Å². The average Bonchev–Trinajstić information content (AvgIpc) is 2.91. The molecule has 2 aromatic heterocycles. The maximum Gasteiger partial charge on any atom is 0.0809 e. The number of nitrogens with one attached hydrogen (secondary N) is 1. The quantitative estimate of drug-likeness (QED) is 0.562. The van der Waals surface area contributed by atoms with Crippen LogP contribution in [0.25, 0.3) is 10.2 Å². The first-order valence-electron chi connectivity index (χ1n) is 5.93. The van der Waals surface area contributed by atoms with E-state index in [0.29, 0.717) is 10.0 Å². The van der Waals surface area contributed by atoms with Crippen molar-refractivity contribution < 1.29 is 0 Å². The molecule has 1 atom stereocenters. The minimum Gasteiger partial charge on any atom is -0.271 e. The van der Waals surface area contributed by atoms with E-state index >= 15 is 0 Å². The smallest absolute Gasteiger partial charge is 0.0809 e. The van der Waals surface area contributed by atoms with Crippen molar-refractivity contribution in [3.05, 3.63) is 63.1 Å². The predicted octanol–water partition coefficient (Wildman–Crippen LogP) is 4.16. The summed E-state index contributed by atoms with van der Waals surface area (Å²) in [5.41, 5.74) is 5.54. The first-order valence-corrected chi connectivity index (χ1v) is 7.57. The van der Waals surface area contributed by atoms with Crippen LogP contribution in [-0.2, 0) is 0 Å². The zero-order chi connectivity index (χ0) is 14.1. The maximum atomic E-state index is 6.24. The highest BCUT2D eigenvalue weighted by molar-refractivity contribution is 7.17. The van der Waals surface area contributed by atoms with Gasteiger partial charge in [0.1, 0.15) is 0 Å². The Bertz CT molecular complexity index is 757. The summed E-state index contributed by atoms with van der Waals surface area (Å²) in [5, 5.41) is 3.25. The Hall–Kier alpha value is -1.17. The van der Waals surface area contributed by atoms with Crippen molar-refractivity contribution in [1.29, 1.82) is 0 Å². The van der Waals surface area contributed by atoms with Crippen LogP contribution in [-0.4, -0.2) is 4.98 Å². The first kappa shape index (κ1) is 13.8. The molecule has 2 heterocycles. The van der Waals surface area contributed by atoms with Crippen LogP contribution in [0.5, 0.6) is 0 Å². The van der Waals surface area contributed by atoms with E-state index in [-0.39, 0.29) is 6.04 Å². The van der Waals surface area contributed by atoms with Gasteiger partial charge in [0, 0.05) is 16.2 Å². The number of aromatic nitrogens is 1. The lowest BCUT2D eigenvalue weighted by molar-refractivity contribution is 0.636. The van der Waals surface area contributed by atoms with Gasteiger partial charge in [0.05, 0.1) is 16.3 Å². The van der Waals surface area contributed by atoms with E-state index in [2.05, 4.69) is 16.5 Å². The molecule has 3 nitrogen and oxygen atoms in total. The lowest BCUT2D eigenvalue weighted by atomic mass is 10.0. The van der Waals surface area contributed by atoms with E-state index in [4.69, 9.17) is 29.0 Å². The highest BCUT2D eigenvalue weighted by Crippen LogP contribution is 2.31. The van der Waals surface area contributed by atoms with Crippen LogP contribution in [0.15, 0.2) is 41.9 Å². The number of pyridine rings is 1. The third-order valence-corrected chi connectivity index (χ3v) is 4.53. The largest absolute Gasteiger partial charge is 0.271 e. The van der Waals surface area contributed by atoms with Crippen LogP contribution in [0.4, 0.5) is 0 Å². The second-order valence-electron chi connectivity index (χ2n) is 4.34. The lowest BCUT2D eigenvalue weighted by Gasteiger charge is -2.18. The first-order chi connectivity index (χ1) is 9.69. The Morgan fingerprint density at radius 2 is 2.05 bits per heavy atom. The van der Waals surface area contributed by atoms with Gasteiger partial charge >= 0.3 is 0 Å². The van der Waals surface area contributed by atoms with Gasteiger partial charge in [-0.3, -0.25) is 10.8 Å². The number of hydrogen-bond acceptors (Lipinski definition) is 4. The molecule has 6 heteroatoms. The third-order valence-electron chi connectivity index (χ3n) is 3.09. The number of hydrogen-bond donors (Lipinski definition) is 2. The van der Waals surface area contributed by atoms with E-state index in [9.17, 15) is 0 Å². The minimum absolute atomic E-state index is 0.250. The molecule has 1 unspecified atom stereocenters. The SMILES string of the molecule is NNC(c1cnc2ccsc2c1)c1cc(Cl)ccc1Cl. The fraction of sp³-hybridized carbons (Fsp3) is 0.0714. The van der Waals surface area contributed by atoms with Gasteiger partial charge in [0.15, 0.2) is 0 Å². The normalized spacial score (nSPS) is 12.8. The van der Waals surface area contributed by atoms with E-state index in [1.807, 2.05) is 17.5 Å². The van der Waals surface area contributed by atoms with Gasteiger partial charge in [0.25, 0.3) is 0 Å². The molecule has 0 saturated heterocycles. The van der Waals surface area contributed by atoms with Crippen molar-refractivity contribution in [1.82, 2.24) is 10.4 Å². The summed E-state index contributed by atoms with van der Waals surface area (Å²) in [4.78, 5) is 4.43. The summed E-state index contributed by atoms with van der Waals surface area (Å²) in [6.07, 6.45) is 1.80. The second-order valence-corrected chi connectivity index (χ2v) is 6.13. The van der Waals surface area contributed by atoms with Gasteiger partial charge in [-0.05, 0) is 46.8 Å². The number of nitrogens with zero attached hydrogens (tertiary/aromatic N) is 1. The van der Waals surface area contributed by atoms with Gasteiger partial charge in [-0.2, -0.15) is 0 Å². The molecule has 0 aliphatic carbocycles. The molecule has 0 spiro atoms. The molecule has 0 amide bonds. The van der Waals surface area contributed by atoms with Gasteiger partial charge in [-0.25, -0.2) is 5.43 Å². The van der Waals surface area contributed by atoms with E-state index in [1.165, 1.54) is 0 Å². The molecule has 0 aliphatic heterocycles. The Kier molecular flexibility index (Phi) is 3.92. The summed E-state index contributed by atoms with van der Waals surface area (Å²) in [6, 6.07) is 9.13. The summed E-state index contributed by atoms with van der Waals surface area (Å²) < 4.78 is 1.11. The van der Waals surface area contributed by atoms with Gasteiger partial charge < -0.3 is 0 Å². The summed E-state index contributed by atoms with van der Waals surface area (Å²) >= 11 is 13.9. The lowest BCUT2D eigenvalue weighted by Crippen LogP contribution is -2.29. The monoisotopic (exact) mass is 323 g/mol. The van der Waals surface area contributed by atoms with E-state index in [0.717, 1.165) is 21.3 Å². The van der Waals surface area contributed by atoms with Crippen LogP contribution < -0.4 is 11.3 Å². The summed E-state index contributed by atoms with van der Waals surface area (Å²) in [5.74, 6) is 5.70. The van der Waals surface area contributed by atoms with Crippen molar-refractivity contribution in [3.8, 4) is 0 Å². The van der Waals surface area contributed by atoms with Crippen molar-refractivity contribution in [2.75, 3.05) is 0 Å². The Morgan fingerprint density at radius 3 is 2.85 bits per heavy atom. The third kappa shape index (κ3) is 2.53. The topological polar surface area (TPSA) is 50.9 Å². The molecule has 102 valence electrons. The minimum atomic E-state index is -0.250. The standard InChI is InChI=1S/C14H11Cl2N3S/c15-9-1-2-11(16)10(6-9)14(19-17)8-5-13-12(18-7-8)3-4-20-13/h1-7,14,19H,17H2. The molecule has 0 fully saturated rings. The zero-order valence-electron chi connectivity index (χ0n) is 10.3. The average molecular weight is 324 g/mol. The summed E-state index contributed by atoms with van der Waals surface area (Å²) in [6.45, 7) is 0. The number of thiophene rings is 1. The number of rotatable bonds is 3. The zero-order valence-corrected chi connectivity index (χ0v) is 12.6. The molecule has 3 rings (SSSR count). The highest BCUT2D eigenvalue weighted by Gasteiger charge is 2.17. The molecular weight excluding hydrogens is 313 g/mol. The molecule has 3 aromatic rings. The highest BCUT2D eigenvalue weighted by atomic mass is 35.5. The van der Waals surface area contributed by atoms with Crippen LogP contribution >= 0.6 is 34.5 Å². The summed E-state index contributed by atoms with van der Waals surface area (Å²) in [7, 11) is 0. The van der Waals surface area contributed by atoms with Crippen LogP contribution in [0.3, 0.4) is 0 Å². The Labute approximate surface area is 130 Å². The molecule has 0 aliphatic rings. The number of halogens is 2. The van der Waals surface area contributed by atoms with E-state index < -0.39 is 0 Å². The molecule has 3 N–H and O–H groups in total. The van der Waals surface area contributed by atoms with Crippen molar-refractivity contribution in [2.45, 2.75) is 6.04 Å². The second kappa shape index (κ2) is 5.68. The maximum absolute atomic E-state index is 6.24. The van der Waals surface area contributed by atoms with Crippen molar-refractivity contribution in [2.24, 2.45) is 5.84 Å². The molecular formula is C14H11Cl2N3S. The predicted molar refractivity (Wildman–Crippen MR) is 85.2 cm³/mol. The molecule has 1 aromatic carbocycles. The van der Waals surface area contributed by atoms with E-state index in [1.54, 1.807) is 29.7 Å². The molecule has 0 radical (unpaired) electrons. The molecule has 20 heavy (non-hydrogen) atoms. The van der Waals surface area contributed by atoms with Crippen LogP contribution in [0.2, 0.25) is 10.0 Å². The Morgan fingerprint density at radius 1 is 1.20 bits per heavy atom. The molecule has 0 bridgehead atoms.